The molecule has 0 heterocycles. The number of alkyl halides is 2. The Bertz CT molecular complexity index is 658. The first kappa shape index (κ1) is 16.3. The van der Waals surface area contributed by atoms with Crippen molar-refractivity contribution in [2.75, 3.05) is 11.5 Å². The summed E-state index contributed by atoms with van der Waals surface area (Å²) in [6.07, 6.45) is 0. The van der Waals surface area contributed by atoms with Gasteiger partial charge in [-0.25, -0.2) is 8.42 Å². The summed E-state index contributed by atoms with van der Waals surface area (Å²) in [6, 6.07) is 13.4. The fraction of sp³-hybridized carbons (Fsp3) is 0.143. The molecule has 0 fully saturated rings. The van der Waals surface area contributed by atoms with E-state index >= 15 is 0 Å². The molecule has 2 unspecified atom stereocenters. The van der Waals surface area contributed by atoms with Crippen LogP contribution in [0.4, 0.5) is 11.4 Å². The summed E-state index contributed by atoms with van der Waals surface area (Å²) < 4.78 is 23.6. The molecule has 0 radical (unpaired) electrons. The van der Waals surface area contributed by atoms with Crippen LogP contribution in [0.5, 0.6) is 0 Å². The van der Waals surface area contributed by atoms with Gasteiger partial charge < -0.3 is 11.5 Å². The predicted molar refractivity (Wildman–Crippen MR) is 94.0 cm³/mol. The maximum absolute atomic E-state index is 12.6. The van der Waals surface area contributed by atoms with Crippen molar-refractivity contribution in [3.8, 4) is 0 Å². The third kappa shape index (κ3) is 3.59. The van der Waals surface area contributed by atoms with Gasteiger partial charge in [0.25, 0.3) is 0 Å². The van der Waals surface area contributed by atoms with E-state index in [1.807, 2.05) is 0 Å². The van der Waals surface area contributed by atoms with Crippen LogP contribution in [0.25, 0.3) is 0 Å². The molecule has 2 aromatic carbocycles. The Labute approximate surface area is 140 Å². The molecule has 0 saturated carbocycles. The highest BCUT2D eigenvalue weighted by Crippen LogP contribution is 2.41. The number of nitrogen functional groups attached to an aromatic ring is 2. The van der Waals surface area contributed by atoms with E-state index in [2.05, 4.69) is 31.9 Å². The summed E-state index contributed by atoms with van der Waals surface area (Å²) in [6.45, 7) is 0. The first-order chi connectivity index (χ1) is 9.82. The van der Waals surface area contributed by atoms with E-state index in [4.69, 9.17) is 11.5 Å². The topological polar surface area (TPSA) is 86.2 Å². The molecule has 2 aromatic rings. The van der Waals surface area contributed by atoms with Crippen LogP contribution >= 0.6 is 31.9 Å². The average molecular weight is 434 g/mol. The first-order valence-electron chi connectivity index (χ1n) is 6.04. The van der Waals surface area contributed by atoms with E-state index in [0.717, 1.165) is 0 Å². The van der Waals surface area contributed by atoms with E-state index in [9.17, 15) is 8.42 Å². The molecule has 7 heteroatoms. The van der Waals surface area contributed by atoms with E-state index in [-0.39, 0.29) is 0 Å². The lowest BCUT2D eigenvalue weighted by molar-refractivity contribution is 0.593. The van der Waals surface area contributed by atoms with E-state index in [1.165, 1.54) is 0 Å². The Balaban J connectivity index is 2.32. The fourth-order valence-electron chi connectivity index (χ4n) is 1.78. The molecule has 21 heavy (non-hydrogen) atoms. The van der Waals surface area contributed by atoms with Crippen molar-refractivity contribution in [1.82, 2.24) is 0 Å². The number of rotatable bonds is 4. The van der Waals surface area contributed by atoms with Gasteiger partial charge in [-0.05, 0) is 35.4 Å². The second kappa shape index (κ2) is 6.37. The molecule has 112 valence electrons. The first-order valence-corrected chi connectivity index (χ1v) is 9.48. The van der Waals surface area contributed by atoms with Crippen molar-refractivity contribution >= 4 is 53.1 Å². The van der Waals surface area contributed by atoms with Gasteiger partial charge >= 0.3 is 0 Å². The monoisotopic (exact) mass is 432 g/mol. The second-order valence-corrected chi connectivity index (χ2v) is 9.72. The van der Waals surface area contributed by atoms with Crippen LogP contribution in [0.2, 0.25) is 0 Å². The summed E-state index contributed by atoms with van der Waals surface area (Å²) >= 11 is 6.52. The van der Waals surface area contributed by atoms with Crippen LogP contribution in [0.3, 0.4) is 0 Å². The van der Waals surface area contributed by atoms with E-state index in [0.29, 0.717) is 22.5 Å². The van der Waals surface area contributed by atoms with Crippen molar-refractivity contribution in [3.63, 3.8) is 0 Å². The van der Waals surface area contributed by atoms with Crippen molar-refractivity contribution < 1.29 is 8.42 Å². The highest BCUT2D eigenvalue weighted by Gasteiger charge is 2.32. The zero-order chi connectivity index (χ0) is 15.6. The van der Waals surface area contributed by atoms with Crippen LogP contribution in [-0.4, -0.2) is 8.42 Å². The summed E-state index contributed by atoms with van der Waals surface area (Å²) in [5.41, 5.74) is 13.7. The largest absolute Gasteiger partial charge is 0.399 e. The SMILES string of the molecule is Nc1ccc(C(Br)S(=O)(=O)C(Br)c2ccc(N)cc2)cc1. The molecule has 0 saturated heterocycles. The standard InChI is InChI=1S/C14H14Br2N2O2S/c15-13(9-1-5-11(17)6-2-9)21(19,20)14(16)10-3-7-12(18)8-4-10/h1-8,13-14H,17-18H2. The smallest absolute Gasteiger partial charge is 0.184 e. The van der Waals surface area contributed by atoms with Crippen LogP contribution < -0.4 is 11.5 Å². The summed E-state index contributed by atoms with van der Waals surface area (Å²) in [5.74, 6) is 0. The lowest BCUT2D eigenvalue weighted by Crippen LogP contribution is -2.13. The quantitative estimate of drug-likeness (QED) is 0.567. The zero-order valence-electron chi connectivity index (χ0n) is 10.9. The molecule has 0 aliphatic rings. The number of halogens is 2. The molecule has 0 bridgehead atoms. The third-order valence-electron chi connectivity index (χ3n) is 2.97. The van der Waals surface area contributed by atoms with E-state index in [1.54, 1.807) is 48.5 Å². The van der Waals surface area contributed by atoms with Gasteiger partial charge in [-0.2, -0.15) is 0 Å². The Kier molecular flexibility index (Phi) is 4.95. The van der Waals surface area contributed by atoms with Crippen LogP contribution in [-0.2, 0) is 9.84 Å². The minimum Gasteiger partial charge on any atom is -0.399 e. The summed E-state index contributed by atoms with van der Waals surface area (Å²) in [5, 5.41) is 0. The average Bonchev–Trinajstić information content (AvgIpc) is 2.47. The zero-order valence-corrected chi connectivity index (χ0v) is 14.9. The maximum atomic E-state index is 12.6. The summed E-state index contributed by atoms with van der Waals surface area (Å²) in [7, 11) is -3.52. The van der Waals surface area contributed by atoms with Crippen LogP contribution in [0, 0.1) is 0 Å². The Morgan fingerprint density at radius 2 is 1.00 bits per heavy atom. The van der Waals surface area contributed by atoms with Crippen LogP contribution in [0.1, 0.15) is 19.4 Å². The maximum Gasteiger partial charge on any atom is 0.184 e. The molecule has 0 aromatic heterocycles. The number of hydrogen-bond donors (Lipinski definition) is 2. The minimum atomic E-state index is -3.52. The molecule has 4 N–H and O–H groups in total. The predicted octanol–water partition coefficient (Wildman–Crippen LogP) is 3.75. The van der Waals surface area contributed by atoms with Crippen molar-refractivity contribution in [1.29, 1.82) is 0 Å². The fourth-order valence-corrected chi connectivity index (χ4v) is 5.84. The molecule has 2 atom stereocenters. The molecule has 0 spiro atoms. The number of nitrogens with two attached hydrogens (primary N) is 2. The molecule has 0 aliphatic heterocycles. The van der Waals surface area contributed by atoms with Crippen LogP contribution in [0.15, 0.2) is 48.5 Å². The van der Waals surface area contributed by atoms with E-state index < -0.39 is 18.2 Å². The van der Waals surface area contributed by atoms with Gasteiger partial charge in [-0.3, -0.25) is 0 Å². The molecule has 0 amide bonds. The lowest BCUT2D eigenvalue weighted by atomic mass is 10.2. The molecule has 4 nitrogen and oxygen atoms in total. The minimum absolute atomic E-state index is 0.588. The molecule has 0 aliphatic carbocycles. The molecular formula is C14H14Br2N2O2S. The highest BCUT2D eigenvalue weighted by molar-refractivity contribution is 9.12. The number of hydrogen-bond acceptors (Lipinski definition) is 4. The van der Waals surface area contributed by atoms with Gasteiger partial charge in [0.15, 0.2) is 9.84 Å². The third-order valence-corrected chi connectivity index (χ3v) is 8.86. The number of benzene rings is 2. The van der Waals surface area contributed by atoms with Gasteiger partial charge in [0, 0.05) is 11.4 Å². The van der Waals surface area contributed by atoms with Gasteiger partial charge in [0.1, 0.15) is 8.32 Å². The van der Waals surface area contributed by atoms with Crippen molar-refractivity contribution in [2.45, 2.75) is 8.32 Å². The molecular weight excluding hydrogens is 420 g/mol. The normalized spacial score (nSPS) is 14.6. The van der Waals surface area contributed by atoms with Gasteiger partial charge in [-0.15, -0.1) is 0 Å². The van der Waals surface area contributed by atoms with Gasteiger partial charge in [0.05, 0.1) is 0 Å². The highest BCUT2D eigenvalue weighted by atomic mass is 79.9. The summed E-state index contributed by atoms with van der Waals surface area (Å²) in [4.78, 5) is 0. The van der Waals surface area contributed by atoms with Gasteiger partial charge in [0.2, 0.25) is 0 Å². The van der Waals surface area contributed by atoms with Crippen molar-refractivity contribution in [3.05, 3.63) is 59.7 Å². The Morgan fingerprint density at radius 1 is 0.714 bits per heavy atom. The Hall–Kier alpha value is -1.05. The number of sulfone groups is 1. The Morgan fingerprint density at radius 3 is 1.29 bits per heavy atom. The van der Waals surface area contributed by atoms with Crippen molar-refractivity contribution in [2.24, 2.45) is 0 Å². The van der Waals surface area contributed by atoms with Gasteiger partial charge in [-0.1, -0.05) is 56.1 Å². The molecule has 2 rings (SSSR count). The second-order valence-electron chi connectivity index (χ2n) is 4.55. The number of anilines is 2. The lowest BCUT2D eigenvalue weighted by Gasteiger charge is -2.17.